The van der Waals surface area contributed by atoms with E-state index in [4.69, 9.17) is 9.47 Å². The van der Waals surface area contributed by atoms with Gasteiger partial charge in [0.2, 0.25) is 0 Å². The Bertz CT molecular complexity index is 1550. The predicted octanol–water partition coefficient (Wildman–Crippen LogP) is 4.65. The summed E-state index contributed by atoms with van der Waals surface area (Å²) in [5, 5.41) is 12.9. The highest BCUT2D eigenvalue weighted by atomic mass is 79.9. The van der Waals surface area contributed by atoms with Crippen LogP contribution in [-0.4, -0.2) is 35.8 Å². The van der Waals surface area contributed by atoms with Crippen molar-refractivity contribution in [1.82, 2.24) is 5.32 Å². The number of barbiturate groups is 1. The molecule has 0 bridgehead atoms. The first kappa shape index (κ1) is 26.9. The summed E-state index contributed by atoms with van der Waals surface area (Å²) in [6.07, 6.45) is 3.87. The molecular weight excluding hydrogens is 574 g/mol. The maximum Gasteiger partial charge on any atom is 0.336 e. The van der Waals surface area contributed by atoms with Crippen LogP contribution in [0.4, 0.5) is 16.2 Å². The van der Waals surface area contributed by atoms with Gasteiger partial charge in [-0.15, -0.1) is 0 Å². The van der Waals surface area contributed by atoms with Gasteiger partial charge in [-0.25, -0.2) is 14.5 Å². The largest absolute Gasteiger partial charge is 0.493 e. The van der Waals surface area contributed by atoms with E-state index < -0.39 is 28.7 Å². The summed E-state index contributed by atoms with van der Waals surface area (Å²) in [5.41, 5.74) is 0.847. The molecule has 0 unspecified atom stereocenters. The van der Waals surface area contributed by atoms with Crippen LogP contribution < -0.4 is 19.7 Å². The first-order valence-electron chi connectivity index (χ1n) is 11.2. The first-order valence-corrected chi connectivity index (χ1v) is 11.9. The van der Waals surface area contributed by atoms with Crippen LogP contribution in [0.1, 0.15) is 11.1 Å². The van der Waals surface area contributed by atoms with Crippen LogP contribution in [0.2, 0.25) is 0 Å². The van der Waals surface area contributed by atoms with Crippen molar-refractivity contribution < 1.29 is 33.6 Å². The number of carbonyl (C=O) groups excluding carboxylic acids is 4. The van der Waals surface area contributed by atoms with Crippen LogP contribution in [0.25, 0.3) is 12.2 Å². The Morgan fingerprint density at radius 2 is 1.64 bits per heavy atom. The molecule has 0 aliphatic carbocycles. The molecule has 12 heteroatoms. The normalized spacial score (nSPS) is 14.5. The lowest BCUT2D eigenvalue weighted by Crippen LogP contribution is -2.54. The molecule has 1 fully saturated rings. The summed E-state index contributed by atoms with van der Waals surface area (Å²) in [6.45, 7) is 0. The molecule has 0 radical (unpaired) electrons. The molecule has 3 aromatic carbocycles. The summed E-state index contributed by atoms with van der Waals surface area (Å²) >= 11 is 3.29. The molecule has 39 heavy (non-hydrogen) atoms. The lowest BCUT2D eigenvalue weighted by Gasteiger charge is -2.26. The van der Waals surface area contributed by atoms with Gasteiger partial charge in [-0.1, -0.05) is 22.0 Å². The molecule has 0 atom stereocenters. The number of rotatable bonds is 7. The third kappa shape index (κ3) is 6.25. The minimum Gasteiger partial charge on any atom is -0.493 e. The van der Waals surface area contributed by atoms with E-state index in [9.17, 15) is 29.3 Å². The molecule has 1 saturated heterocycles. The fourth-order valence-electron chi connectivity index (χ4n) is 3.52. The quantitative estimate of drug-likeness (QED) is 0.104. The van der Waals surface area contributed by atoms with Crippen LogP contribution >= 0.6 is 15.9 Å². The lowest BCUT2D eigenvalue weighted by atomic mass is 10.1. The second-order valence-electron chi connectivity index (χ2n) is 7.95. The number of nitrogens with zero attached hydrogens (tertiary/aromatic N) is 2. The molecule has 4 rings (SSSR count). The average molecular weight is 592 g/mol. The number of urea groups is 1. The molecular formula is C27H18BrN3O8. The van der Waals surface area contributed by atoms with E-state index in [0.29, 0.717) is 11.1 Å². The van der Waals surface area contributed by atoms with E-state index in [0.717, 1.165) is 15.4 Å². The minimum absolute atomic E-state index is 0.0732. The van der Waals surface area contributed by atoms with Crippen molar-refractivity contribution in [2.75, 3.05) is 12.0 Å². The summed E-state index contributed by atoms with van der Waals surface area (Å²) in [4.78, 5) is 61.3. The third-order valence-electron chi connectivity index (χ3n) is 5.41. The summed E-state index contributed by atoms with van der Waals surface area (Å²) < 4.78 is 11.4. The van der Waals surface area contributed by atoms with E-state index >= 15 is 0 Å². The number of nitro groups is 1. The number of halogens is 1. The molecule has 196 valence electrons. The number of imide groups is 2. The molecule has 1 N–H and O–H groups in total. The van der Waals surface area contributed by atoms with Gasteiger partial charge in [0.1, 0.15) is 5.57 Å². The SMILES string of the molecule is COc1cc(/C=C2\C(=O)NC(=O)N(c3ccc(Br)cc3)C2=O)ccc1OC(=O)/C=C/c1ccc([N+](=O)[O-])cc1. The number of nitrogens with one attached hydrogen (secondary N) is 1. The third-order valence-corrected chi connectivity index (χ3v) is 5.94. The average Bonchev–Trinajstić information content (AvgIpc) is 2.91. The zero-order valence-corrected chi connectivity index (χ0v) is 21.7. The Hall–Kier alpha value is -5.10. The second-order valence-corrected chi connectivity index (χ2v) is 8.86. The van der Waals surface area contributed by atoms with Gasteiger partial charge in [-0.2, -0.15) is 0 Å². The van der Waals surface area contributed by atoms with E-state index in [2.05, 4.69) is 21.2 Å². The molecule has 3 aromatic rings. The van der Waals surface area contributed by atoms with E-state index in [1.807, 2.05) is 0 Å². The van der Waals surface area contributed by atoms with Gasteiger partial charge in [-0.05, 0) is 71.8 Å². The van der Waals surface area contributed by atoms with Crippen molar-refractivity contribution in [2.45, 2.75) is 0 Å². The van der Waals surface area contributed by atoms with Crippen molar-refractivity contribution in [3.05, 3.63) is 104 Å². The fourth-order valence-corrected chi connectivity index (χ4v) is 3.79. The smallest absolute Gasteiger partial charge is 0.336 e. The highest BCUT2D eigenvalue weighted by Crippen LogP contribution is 2.30. The Balaban J connectivity index is 1.52. The standard InChI is InChI=1S/C27H18BrN3O8/c1-38-23-15-17(4-12-22(23)39-24(32)13-5-16-2-8-20(9-3-16)31(36)37)14-21-25(33)29-27(35)30(26(21)34)19-10-6-18(28)7-11-19/h2-15H,1H3,(H,29,33,35)/b13-5+,21-14+. The number of nitro benzene ring substituents is 1. The number of hydrogen-bond donors (Lipinski definition) is 1. The maximum atomic E-state index is 13.1. The van der Waals surface area contributed by atoms with Gasteiger partial charge in [0.05, 0.1) is 17.7 Å². The monoisotopic (exact) mass is 591 g/mol. The van der Waals surface area contributed by atoms with E-state index in [1.54, 1.807) is 24.3 Å². The number of carbonyl (C=O) groups is 4. The Morgan fingerprint density at radius 3 is 2.28 bits per heavy atom. The van der Waals surface area contributed by atoms with Crippen molar-refractivity contribution in [3.8, 4) is 11.5 Å². The number of benzene rings is 3. The van der Waals surface area contributed by atoms with Gasteiger partial charge in [0.15, 0.2) is 11.5 Å². The van der Waals surface area contributed by atoms with Crippen LogP contribution in [-0.2, 0) is 14.4 Å². The molecule has 1 aliphatic heterocycles. The van der Waals surface area contributed by atoms with Gasteiger partial charge in [0.25, 0.3) is 17.5 Å². The van der Waals surface area contributed by atoms with Gasteiger partial charge in [-0.3, -0.25) is 25.0 Å². The minimum atomic E-state index is -0.869. The lowest BCUT2D eigenvalue weighted by molar-refractivity contribution is -0.384. The van der Waals surface area contributed by atoms with Crippen molar-refractivity contribution in [1.29, 1.82) is 0 Å². The fraction of sp³-hybridized carbons (Fsp3) is 0.0370. The van der Waals surface area contributed by atoms with Crippen molar-refractivity contribution in [2.24, 2.45) is 0 Å². The second kappa shape index (κ2) is 11.5. The number of non-ortho nitro benzene ring substituents is 1. The Kier molecular flexibility index (Phi) is 7.96. The molecule has 1 aliphatic rings. The zero-order valence-electron chi connectivity index (χ0n) is 20.1. The molecule has 0 saturated carbocycles. The van der Waals surface area contributed by atoms with Crippen LogP contribution in [0.3, 0.4) is 0 Å². The van der Waals surface area contributed by atoms with Crippen LogP contribution in [0.5, 0.6) is 11.5 Å². The van der Waals surface area contributed by atoms with E-state index in [-0.39, 0.29) is 28.4 Å². The van der Waals surface area contributed by atoms with E-state index in [1.165, 1.54) is 61.7 Å². The number of ether oxygens (including phenoxy) is 2. The number of methoxy groups -OCH3 is 1. The summed E-state index contributed by atoms with van der Waals surface area (Å²) in [7, 11) is 1.35. The van der Waals surface area contributed by atoms with Gasteiger partial charge >= 0.3 is 12.0 Å². The summed E-state index contributed by atoms with van der Waals surface area (Å²) in [6, 6.07) is 15.5. The highest BCUT2D eigenvalue weighted by molar-refractivity contribution is 9.10. The number of esters is 1. The molecule has 1 heterocycles. The van der Waals surface area contributed by atoms with Crippen LogP contribution in [0.15, 0.2) is 82.9 Å². The summed E-state index contributed by atoms with van der Waals surface area (Å²) in [5.74, 6) is -2.18. The highest BCUT2D eigenvalue weighted by Gasteiger charge is 2.36. The first-order chi connectivity index (χ1) is 18.7. The number of amides is 4. The number of anilines is 1. The maximum absolute atomic E-state index is 13.1. The zero-order chi connectivity index (χ0) is 28.1. The van der Waals surface area contributed by atoms with Crippen LogP contribution in [0, 0.1) is 10.1 Å². The Labute approximate surface area is 229 Å². The van der Waals surface area contributed by atoms with Crippen molar-refractivity contribution in [3.63, 3.8) is 0 Å². The Morgan fingerprint density at radius 1 is 0.974 bits per heavy atom. The topological polar surface area (TPSA) is 145 Å². The molecule has 4 amide bonds. The molecule has 0 aromatic heterocycles. The number of hydrogen-bond acceptors (Lipinski definition) is 8. The van der Waals surface area contributed by atoms with Gasteiger partial charge in [0, 0.05) is 22.7 Å². The molecule has 11 nitrogen and oxygen atoms in total. The van der Waals surface area contributed by atoms with Gasteiger partial charge < -0.3 is 9.47 Å². The van der Waals surface area contributed by atoms with Crippen molar-refractivity contribution >= 4 is 63.3 Å². The predicted molar refractivity (Wildman–Crippen MR) is 144 cm³/mol. The molecule has 0 spiro atoms.